The maximum atomic E-state index is 12.3. The first-order chi connectivity index (χ1) is 10.5. The molecule has 1 amide bonds. The molecule has 1 aliphatic carbocycles. The molecule has 128 valence electrons. The Kier molecular flexibility index (Phi) is 5.94. The zero-order valence-corrected chi connectivity index (χ0v) is 15.9. The Hall–Kier alpha value is -0.553. The van der Waals surface area contributed by atoms with E-state index < -0.39 is 8.32 Å². The van der Waals surface area contributed by atoms with E-state index in [1.807, 2.05) is 4.90 Å². The first kappa shape index (κ1) is 17.8. The van der Waals surface area contributed by atoms with Crippen LogP contribution in [0, 0.1) is 11.8 Å². The minimum absolute atomic E-state index is 0.161. The van der Waals surface area contributed by atoms with Crippen LogP contribution < -0.4 is 0 Å². The summed E-state index contributed by atoms with van der Waals surface area (Å²) in [5.41, 5.74) is 0. The van der Waals surface area contributed by atoms with Crippen molar-refractivity contribution in [2.75, 3.05) is 13.7 Å². The van der Waals surface area contributed by atoms with Gasteiger partial charge < -0.3 is 9.16 Å². The molecule has 0 bridgehead atoms. The summed E-state index contributed by atoms with van der Waals surface area (Å²) >= 11 is 0. The molecule has 2 rings (SSSR count). The summed E-state index contributed by atoms with van der Waals surface area (Å²) in [5, 5.41) is 0. The number of amides is 1. The van der Waals surface area contributed by atoms with E-state index in [0.717, 1.165) is 24.6 Å². The molecule has 2 fully saturated rings. The second-order valence-electron chi connectivity index (χ2n) is 7.02. The van der Waals surface area contributed by atoms with Crippen molar-refractivity contribution in [3.8, 4) is 0 Å². The first-order valence-corrected chi connectivity index (χ1v) is 11.6. The van der Waals surface area contributed by atoms with Gasteiger partial charge in [0.15, 0.2) is 8.32 Å². The van der Waals surface area contributed by atoms with Gasteiger partial charge in [0.05, 0.1) is 19.8 Å². The number of carbonyl (C=O) groups is 1. The standard InChI is InChI=1S/C17H33NO3Si/c1-6-22(7-2,8-3)21-12-16-13(4)14-10-9-11-15(14)18(16)17(19)20-5/h13-16H,6-12H2,1-5H3/t13-,14+,15+,16-/m0/s1. The molecule has 1 saturated heterocycles. The van der Waals surface area contributed by atoms with Crippen LogP contribution in [0.15, 0.2) is 0 Å². The summed E-state index contributed by atoms with van der Waals surface area (Å²) in [5.74, 6) is 1.15. The Balaban J connectivity index is 2.11. The lowest BCUT2D eigenvalue weighted by Crippen LogP contribution is -2.47. The van der Waals surface area contributed by atoms with E-state index in [1.54, 1.807) is 0 Å². The van der Waals surface area contributed by atoms with Crippen molar-refractivity contribution in [1.82, 2.24) is 4.90 Å². The van der Waals surface area contributed by atoms with Gasteiger partial charge in [-0.2, -0.15) is 0 Å². The third-order valence-corrected chi connectivity index (χ3v) is 11.1. The fraction of sp³-hybridized carbons (Fsp3) is 0.941. The smallest absolute Gasteiger partial charge is 0.410 e. The van der Waals surface area contributed by atoms with E-state index >= 15 is 0 Å². The highest BCUT2D eigenvalue weighted by Gasteiger charge is 2.51. The van der Waals surface area contributed by atoms with Crippen LogP contribution >= 0.6 is 0 Å². The van der Waals surface area contributed by atoms with Crippen LogP contribution in [0.25, 0.3) is 0 Å². The minimum atomic E-state index is -1.60. The Labute approximate surface area is 136 Å². The number of hydrogen-bond acceptors (Lipinski definition) is 3. The van der Waals surface area contributed by atoms with Crippen molar-refractivity contribution < 1.29 is 14.0 Å². The second-order valence-corrected chi connectivity index (χ2v) is 11.8. The normalized spacial score (nSPS) is 31.4. The number of fused-ring (bicyclic) bond motifs is 1. The quantitative estimate of drug-likeness (QED) is 0.684. The van der Waals surface area contributed by atoms with Gasteiger partial charge in [-0.05, 0) is 42.8 Å². The lowest BCUT2D eigenvalue weighted by atomic mass is 9.90. The van der Waals surface area contributed by atoms with Crippen LogP contribution in [0.1, 0.15) is 47.0 Å². The van der Waals surface area contributed by atoms with Gasteiger partial charge in [-0.1, -0.05) is 34.1 Å². The van der Waals surface area contributed by atoms with Gasteiger partial charge in [-0.15, -0.1) is 0 Å². The molecule has 4 atom stereocenters. The summed E-state index contributed by atoms with van der Waals surface area (Å²) in [7, 11) is -0.108. The molecule has 4 nitrogen and oxygen atoms in total. The van der Waals surface area contributed by atoms with E-state index in [2.05, 4.69) is 27.7 Å². The zero-order valence-electron chi connectivity index (χ0n) is 14.9. The van der Waals surface area contributed by atoms with Crippen molar-refractivity contribution in [2.45, 2.75) is 77.2 Å². The van der Waals surface area contributed by atoms with Gasteiger partial charge in [0.1, 0.15) is 0 Å². The molecule has 5 heteroatoms. The summed E-state index contributed by atoms with van der Waals surface area (Å²) in [6.07, 6.45) is 3.44. The highest BCUT2D eigenvalue weighted by molar-refractivity contribution is 6.73. The van der Waals surface area contributed by atoms with Gasteiger partial charge in [0, 0.05) is 6.04 Å². The minimum Gasteiger partial charge on any atom is -0.453 e. The summed E-state index contributed by atoms with van der Waals surface area (Å²) < 4.78 is 11.6. The molecule has 0 N–H and O–H groups in total. The maximum absolute atomic E-state index is 12.3. The maximum Gasteiger partial charge on any atom is 0.410 e. The zero-order chi connectivity index (χ0) is 16.3. The number of ether oxygens (including phenoxy) is 1. The van der Waals surface area contributed by atoms with E-state index in [4.69, 9.17) is 9.16 Å². The van der Waals surface area contributed by atoms with Gasteiger partial charge >= 0.3 is 6.09 Å². The molecule has 2 aliphatic rings. The molecule has 1 heterocycles. The molecular formula is C17H33NO3Si. The highest BCUT2D eigenvalue weighted by atomic mass is 28.4. The molecule has 0 unspecified atom stereocenters. The fourth-order valence-corrected chi connectivity index (χ4v) is 7.28. The van der Waals surface area contributed by atoms with Crippen molar-refractivity contribution in [3.05, 3.63) is 0 Å². The molecule has 0 radical (unpaired) electrons. The van der Waals surface area contributed by atoms with Crippen LogP contribution in [-0.2, 0) is 9.16 Å². The lowest BCUT2D eigenvalue weighted by molar-refractivity contribution is 0.0805. The molecule has 0 spiro atoms. The van der Waals surface area contributed by atoms with Crippen LogP contribution in [0.4, 0.5) is 4.79 Å². The Morgan fingerprint density at radius 1 is 1.18 bits per heavy atom. The number of rotatable bonds is 6. The van der Waals surface area contributed by atoms with Crippen LogP contribution in [0.3, 0.4) is 0 Å². The largest absolute Gasteiger partial charge is 0.453 e. The van der Waals surface area contributed by atoms with Crippen molar-refractivity contribution in [2.24, 2.45) is 11.8 Å². The third kappa shape index (κ3) is 3.07. The van der Waals surface area contributed by atoms with E-state index in [1.165, 1.54) is 20.0 Å². The molecule has 22 heavy (non-hydrogen) atoms. The molecule has 1 saturated carbocycles. The van der Waals surface area contributed by atoms with Crippen molar-refractivity contribution >= 4 is 14.4 Å². The van der Waals surface area contributed by atoms with Gasteiger partial charge in [0.25, 0.3) is 0 Å². The second kappa shape index (κ2) is 7.34. The average molecular weight is 328 g/mol. The Morgan fingerprint density at radius 3 is 2.36 bits per heavy atom. The Bertz CT molecular complexity index is 378. The highest BCUT2D eigenvalue weighted by Crippen LogP contribution is 2.45. The summed E-state index contributed by atoms with van der Waals surface area (Å²) in [4.78, 5) is 14.3. The number of carbonyl (C=O) groups excluding carboxylic acids is 1. The third-order valence-electron chi connectivity index (χ3n) is 6.41. The number of methoxy groups -OCH3 is 1. The van der Waals surface area contributed by atoms with E-state index in [9.17, 15) is 4.79 Å². The Morgan fingerprint density at radius 2 is 1.82 bits per heavy atom. The SMILES string of the molecule is CC[Si](CC)(CC)OC[C@H]1[C@@H](C)[C@H]2CCC[C@H]2N1C(=O)OC. The summed E-state index contributed by atoms with van der Waals surface area (Å²) in [6.45, 7) is 9.76. The monoisotopic (exact) mass is 327 g/mol. The first-order valence-electron chi connectivity index (χ1n) is 9.03. The predicted octanol–water partition coefficient (Wildman–Crippen LogP) is 4.26. The van der Waals surface area contributed by atoms with Gasteiger partial charge in [-0.25, -0.2) is 4.79 Å². The van der Waals surface area contributed by atoms with Gasteiger partial charge in [-0.3, -0.25) is 4.90 Å². The molecule has 0 aromatic rings. The van der Waals surface area contributed by atoms with Crippen molar-refractivity contribution in [3.63, 3.8) is 0 Å². The fourth-order valence-electron chi connectivity index (χ4n) is 4.64. The van der Waals surface area contributed by atoms with E-state index in [-0.39, 0.29) is 12.1 Å². The van der Waals surface area contributed by atoms with Gasteiger partial charge in [0.2, 0.25) is 0 Å². The van der Waals surface area contributed by atoms with Crippen molar-refractivity contribution in [1.29, 1.82) is 0 Å². The predicted molar refractivity (Wildman–Crippen MR) is 91.5 cm³/mol. The summed E-state index contributed by atoms with van der Waals surface area (Å²) in [6, 6.07) is 4.04. The number of hydrogen-bond donors (Lipinski definition) is 0. The number of nitrogens with zero attached hydrogens (tertiary/aromatic N) is 1. The van der Waals surface area contributed by atoms with Crippen LogP contribution in [0.2, 0.25) is 18.1 Å². The van der Waals surface area contributed by atoms with Crippen LogP contribution in [0.5, 0.6) is 0 Å². The number of likely N-dealkylation sites (tertiary alicyclic amines) is 1. The average Bonchev–Trinajstić information content (AvgIpc) is 3.11. The topological polar surface area (TPSA) is 38.8 Å². The van der Waals surface area contributed by atoms with E-state index in [0.29, 0.717) is 24.5 Å². The lowest BCUT2D eigenvalue weighted by Gasteiger charge is -2.34. The van der Waals surface area contributed by atoms with Crippen LogP contribution in [-0.4, -0.2) is 45.1 Å². The molecule has 0 aromatic heterocycles. The molecule has 0 aromatic carbocycles. The molecular weight excluding hydrogens is 294 g/mol. The molecule has 1 aliphatic heterocycles.